The summed E-state index contributed by atoms with van der Waals surface area (Å²) in [6.07, 6.45) is 2.66. The van der Waals surface area contributed by atoms with E-state index in [-0.39, 0.29) is 23.7 Å². The molecule has 20 heavy (non-hydrogen) atoms. The van der Waals surface area contributed by atoms with E-state index in [1.165, 1.54) is 6.26 Å². The molecule has 5 nitrogen and oxygen atoms in total. The molecule has 1 aliphatic heterocycles. The molecule has 0 aliphatic carbocycles. The number of hydrogen-bond donors (Lipinski definition) is 2. The first kappa shape index (κ1) is 15.0. The van der Waals surface area contributed by atoms with E-state index in [0.717, 1.165) is 17.7 Å². The maximum absolute atomic E-state index is 12.2. The molecule has 2 unspecified atom stereocenters. The predicted molar refractivity (Wildman–Crippen MR) is 79.5 cm³/mol. The second-order valence-corrected chi connectivity index (χ2v) is 7.58. The van der Waals surface area contributed by atoms with Gasteiger partial charge in [-0.15, -0.1) is 0 Å². The average Bonchev–Trinajstić information content (AvgIpc) is 2.47. The summed E-state index contributed by atoms with van der Waals surface area (Å²) in [5.74, 6) is -0.0701. The maximum Gasteiger partial charge on any atom is 0.241 e. The second kappa shape index (κ2) is 5.93. The Morgan fingerprint density at radius 1 is 1.40 bits per heavy atom. The molecule has 1 aromatic carbocycles. The van der Waals surface area contributed by atoms with Crippen molar-refractivity contribution in [3.63, 3.8) is 0 Å². The number of rotatable bonds is 4. The summed E-state index contributed by atoms with van der Waals surface area (Å²) in [5.41, 5.74) is 1.96. The van der Waals surface area contributed by atoms with Gasteiger partial charge in [-0.05, 0) is 31.4 Å². The average molecular weight is 296 g/mol. The van der Waals surface area contributed by atoms with Crippen LogP contribution in [0.15, 0.2) is 24.3 Å². The van der Waals surface area contributed by atoms with Crippen LogP contribution in [0.5, 0.6) is 0 Å². The summed E-state index contributed by atoms with van der Waals surface area (Å²) in [4.78, 5) is 12.2. The number of anilines is 1. The maximum atomic E-state index is 12.2. The van der Waals surface area contributed by atoms with Crippen molar-refractivity contribution in [2.45, 2.75) is 31.8 Å². The molecule has 6 heteroatoms. The number of carbonyl (C=O) groups excluding carboxylic acids is 1. The number of benzene rings is 1. The number of carbonyl (C=O) groups is 1. The topological polar surface area (TPSA) is 75.3 Å². The second-order valence-electron chi connectivity index (χ2n) is 5.40. The van der Waals surface area contributed by atoms with Crippen LogP contribution in [-0.2, 0) is 21.1 Å². The van der Waals surface area contributed by atoms with Crippen LogP contribution in [0.25, 0.3) is 0 Å². The van der Waals surface area contributed by atoms with E-state index in [4.69, 9.17) is 0 Å². The smallest absolute Gasteiger partial charge is 0.241 e. The molecule has 1 heterocycles. The number of aryl methyl sites for hydroxylation is 1. The van der Waals surface area contributed by atoms with Crippen molar-refractivity contribution in [2.75, 3.05) is 17.3 Å². The summed E-state index contributed by atoms with van der Waals surface area (Å²) in [5, 5.41) is 6.00. The molecule has 0 radical (unpaired) electrons. The van der Waals surface area contributed by atoms with Gasteiger partial charge in [0.15, 0.2) is 0 Å². The van der Waals surface area contributed by atoms with Gasteiger partial charge in [0.25, 0.3) is 0 Å². The lowest BCUT2D eigenvalue weighted by Gasteiger charge is -2.20. The van der Waals surface area contributed by atoms with E-state index < -0.39 is 9.84 Å². The van der Waals surface area contributed by atoms with Crippen LogP contribution >= 0.6 is 0 Å². The van der Waals surface area contributed by atoms with Crippen LogP contribution in [0.2, 0.25) is 0 Å². The fourth-order valence-electron chi connectivity index (χ4n) is 2.52. The third-order valence-electron chi connectivity index (χ3n) is 3.33. The summed E-state index contributed by atoms with van der Waals surface area (Å²) in [6.45, 7) is 1.78. The lowest BCUT2D eigenvalue weighted by Crippen LogP contribution is -2.46. The van der Waals surface area contributed by atoms with E-state index in [9.17, 15) is 13.2 Å². The first-order valence-corrected chi connectivity index (χ1v) is 8.74. The Kier molecular flexibility index (Phi) is 4.45. The number of fused-ring (bicyclic) bond motifs is 1. The Labute approximate surface area is 119 Å². The van der Waals surface area contributed by atoms with Crippen LogP contribution in [0.3, 0.4) is 0 Å². The van der Waals surface area contributed by atoms with Gasteiger partial charge in [-0.2, -0.15) is 0 Å². The van der Waals surface area contributed by atoms with Gasteiger partial charge in [0.05, 0.1) is 11.8 Å². The number of para-hydroxylation sites is 1. The number of amides is 1. The van der Waals surface area contributed by atoms with Crippen LogP contribution in [0.4, 0.5) is 5.69 Å². The predicted octanol–water partition coefficient (Wildman–Crippen LogP) is 0.963. The highest BCUT2D eigenvalue weighted by Gasteiger charge is 2.25. The highest BCUT2D eigenvalue weighted by atomic mass is 32.2. The van der Waals surface area contributed by atoms with Gasteiger partial charge in [0.2, 0.25) is 5.91 Å². The first-order chi connectivity index (χ1) is 9.35. The van der Waals surface area contributed by atoms with Crippen molar-refractivity contribution >= 4 is 21.4 Å². The molecule has 0 spiro atoms. The molecule has 0 fully saturated rings. The molecule has 2 rings (SSSR count). The SMILES string of the molecule is CC(CS(C)(=O)=O)NC1CCc2ccccc2NC1=O. The molecule has 0 saturated heterocycles. The number of hydrogen-bond acceptors (Lipinski definition) is 4. The lowest BCUT2D eigenvalue weighted by atomic mass is 10.1. The molecular weight excluding hydrogens is 276 g/mol. The molecule has 0 bridgehead atoms. The van der Waals surface area contributed by atoms with Gasteiger partial charge in [-0.3, -0.25) is 4.79 Å². The molecule has 1 amide bonds. The minimum atomic E-state index is -3.05. The van der Waals surface area contributed by atoms with E-state index in [1.807, 2.05) is 24.3 Å². The van der Waals surface area contributed by atoms with Crippen molar-refractivity contribution in [1.82, 2.24) is 5.32 Å². The zero-order valence-electron chi connectivity index (χ0n) is 11.7. The molecule has 0 aromatic heterocycles. The molecule has 1 aliphatic rings. The van der Waals surface area contributed by atoms with Gasteiger partial charge >= 0.3 is 0 Å². The number of sulfone groups is 1. The standard InChI is InChI=1S/C14H20N2O3S/c1-10(9-20(2,18)19)15-13-8-7-11-5-3-4-6-12(11)16-14(13)17/h3-6,10,13,15H,7-9H2,1-2H3,(H,16,17). The molecule has 0 saturated carbocycles. The number of nitrogens with one attached hydrogen (secondary N) is 2. The Balaban J connectivity index is 2.03. The van der Waals surface area contributed by atoms with E-state index >= 15 is 0 Å². The lowest BCUT2D eigenvalue weighted by molar-refractivity contribution is -0.118. The third-order valence-corrected chi connectivity index (χ3v) is 4.44. The Morgan fingerprint density at radius 2 is 2.10 bits per heavy atom. The van der Waals surface area contributed by atoms with Crippen LogP contribution in [0, 0.1) is 0 Å². The van der Waals surface area contributed by atoms with Gasteiger partial charge in [-0.25, -0.2) is 8.42 Å². The minimum Gasteiger partial charge on any atom is -0.324 e. The van der Waals surface area contributed by atoms with Crippen molar-refractivity contribution in [3.05, 3.63) is 29.8 Å². The first-order valence-electron chi connectivity index (χ1n) is 6.68. The third kappa shape index (κ3) is 4.05. The largest absolute Gasteiger partial charge is 0.324 e. The van der Waals surface area contributed by atoms with Gasteiger partial charge in [0, 0.05) is 18.0 Å². The summed E-state index contributed by atoms with van der Waals surface area (Å²) in [6, 6.07) is 7.11. The fraction of sp³-hybridized carbons (Fsp3) is 0.500. The molecular formula is C14H20N2O3S. The van der Waals surface area contributed by atoms with Gasteiger partial charge in [-0.1, -0.05) is 18.2 Å². The van der Waals surface area contributed by atoms with Crippen LogP contribution < -0.4 is 10.6 Å². The van der Waals surface area contributed by atoms with Crippen molar-refractivity contribution in [2.24, 2.45) is 0 Å². The minimum absolute atomic E-state index is 0.0315. The van der Waals surface area contributed by atoms with Crippen molar-refractivity contribution < 1.29 is 13.2 Å². The fourth-order valence-corrected chi connectivity index (χ4v) is 3.52. The highest BCUT2D eigenvalue weighted by Crippen LogP contribution is 2.21. The van der Waals surface area contributed by atoms with Gasteiger partial charge < -0.3 is 10.6 Å². The van der Waals surface area contributed by atoms with Crippen LogP contribution in [-0.4, -0.2) is 38.4 Å². The van der Waals surface area contributed by atoms with Crippen LogP contribution in [0.1, 0.15) is 18.9 Å². The molecule has 2 N–H and O–H groups in total. The normalized spacial score (nSPS) is 20.7. The summed E-state index contributed by atoms with van der Waals surface area (Å²) in [7, 11) is -3.05. The Hall–Kier alpha value is -1.40. The zero-order chi connectivity index (χ0) is 14.8. The Bertz CT molecular complexity index is 598. The van der Waals surface area contributed by atoms with Crippen molar-refractivity contribution in [3.8, 4) is 0 Å². The molecule has 1 aromatic rings. The monoisotopic (exact) mass is 296 g/mol. The summed E-state index contributed by atoms with van der Waals surface area (Å²) < 4.78 is 22.5. The highest BCUT2D eigenvalue weighted by molar-refractivity contribution is 7.90. The molecule has 2 atom stereocenters. The Morgan fingerprint density at radius 3 is 2.80 bits per heavy atom. The quantitative estimate of drug-likeness (QED) is 0.868. The molecule has 110 valence electrons. The van der Waals surface area contributed by atoms with E-state index in [2.05, 4.69) is 10.6 Å². The zero-order valence-corrected chi connectivity index (χ0v) is 12.5. The van der Waals surface area contributed by atoms with Crippen molar-refractivity contribution in [1.29, 1.82) is 0 Å². The summed E-state index contributed by atoms with van der Waals surface area (Å²) >= 11 is 0. The van der Waals surface area contributed by atoms with E-state index in [0.29, 0.717) is 6.42 Å². The van der Waals surface area contributed by atoms with Gasteiger partial charge in [0.1, 0.15) is 9.84 Å². The van der Waals surface area contributed by atoms with E-state index in [1.54, 1.807) is 6.92 Å².